The van der Waals surface area contributed by atoms with Gasteiger partial charge in [-0.15, -0.1) is 0 Å². The van der Waals surface area contributed by atoms with E-state index in [9.17, 15) is 18.3 Å². The molecule has 0 aliphatic carbocycles. The van der Waals surface area contributed by atoms with Crippen molar-refractivity contribution in [2.24, 2.45) is 0 Å². The van der Waals surface area contributed by atoms with E-state index < -0.39 is 11.9 Å². The predicted molar refractivity (Wildman–Crippen MR) is 68.7 cm³/mol. The quantitative estimate of drug-likeness (QED) is 0.903. The first-order chi connectivity index (χ1) is 9.40. The molecule has 2 rings (SSSR count). The minimum Gasteiger partial charge on any atom is -0.507 e. The maximum absolute atomic E-state index is 12.9. The van der Waals surface area contributed by atoms with Crippen LogP contribution in [0.1, 0.15) is 43.5 Å². The molecule has 2 aromatic rings. The van der Waals surface area contributed by atoms with Crippen molar-refractivity contribution in [2.75, 3.05) is 0 Å². The molecule has 3 nitrogen and oxygen atoms in total. The lowest BCUT2D eigenvalue weighted by Gasteiger charge is -2.10. The van der Waals surface area contributed by atoms with Gasteiger partial charge in [0.2, 0.25) is 0 Å². The van der Waals surface area contributed by atoms with E-state index in [0.29, 0.717) is 30.4 Å². The molecule has 0 aliphatic heterocycles. The minimum absolute atomic E-state index is 0.0334. The van der Waals surface area contributed by atoms with Gasteiger partial charge in [-0.3, -0.25) is 0 Å². The second-order valence-corrected chi connectivity index (χ2v) is 4.77. The lowest BCUT2D eigenvalue weighted by molar-refractivity contribution is -0.141. The van der Waals surface area contributed by atoms with E-state index in [0.717, 1.165) is 6.42 Å². The maximum atomic E-state index is 12.9. The molecule has 1 aromatic heterocycles. The normalized spacial score (nSPS) is 12.2. The third kappa shape index (κ3) is 2.46. The first kappa shape index (κ1) is 14.7. The van der Waals surface area contributed by atoms with Gasteiger partial charge < -0.3 is 9.63 Å². The molecule has 1 heterocycles. The van der Waals surface area contributed by atoms with Crippen molar-refractivity contribution in [3.63, 3.8) is 0 Å². The molecule has 20 heavy (non-hydrogen) atoms. The summed E-state index contributed by atoms with van der Waals surface area (Å²) in [6.45, 7) is 3.79. The van der Waals surface area contributed by atoms with Crippen LogP contribution in [0.2, 0.25) is 0 Å². The van der Waals surface area contributed by atoms with Gasteiger partial charge in [0.25, 0.3) is 0 Å². The third-order valence-corrected chi connectivity index (χ3v) is 3.20. The van der Waals surface area contributed by atoms with Gasteiger partial charge in [0.05, 0.1) is 5.39 Å². The van der Waals surface area contributed by atoms with Crippen molar-refractivity contribution < 1.29 is 22.8 Å². The van der Waals surface area contributed by atoms with Crippen LogP contribution in [0.5, 0.6) is 5.75 Å². The summed E-state index contributed by atoms with van der Waals surface area (Å²) in [6.07, 6.45) is -2.17. The first-order valence-corrected chi connectivity index (χ1v) is 6.60. The van der Waals surface area contributed by atoms with E-state index in [1.165, 1.54) is 6.07 Å². The SMILES string of the molecule is CCCc1cc2c(C(F)(F)F)noc2c(CCC)c1O. The number of hydrogen-bond acceptors (Lipinski definition) is 3. The zero-order valence-corrected chi connectivity index (χ0v) is 11.3. The zero-order valence-electron chi connectivity index (χ0n) is 11.3. The van der Waals surface area contributed by atoms with Crippen LogP contribution in [-0.4, -0.2) is 10.3 Å². The number of rotatable bonds is 4. The van der Waals surface area contributed by atoms with Crippen molar-refractivity contribution in [2.45, 2.75) is 45.7 Å². The summed E-state index contributed by atoms with van der Waals surface area (Å²) in [5, 5.41) is 13.3. The number of fused-ring (bicyclic) bond motifs is 1. The number of nitrogens with zero attached hydrogens (tertiary/aromatic N) is 1. The molecule has 0 saturated carbocycles. The Labute approximate surface area is 114 Å². The molecule has 0 bridgehead atoms. The number of hydrogen-bond donors (Lipinski definition) is 1. The summed E-state index contributed by atoms with van der Waals surface area (Å²) in [7, 11) is 0. The molecule has 0 fully saturated rings. The van der Waals surface area contributed by atoms with Gasteiger partial charge in [0.15, 0.2) is 11.3 Å². The zero-order chi connectivity index (χ0) is 14.9. The van der Waals surface area contributed by atoms with Crippen LogP contribution in [0.15, 0.2) is 10.6 Å². The second kappa shape index (κ2) is 5.34. The molecule has 1 aromatic carbocycles. The Balaban J connectivity index is 2.74. The molecule has 0 radical (unpaired) electrons. The monoisotopic (exact) mass is 287 g/mol. The van der Waals surface area contributed by atoms with Crippen molar-refractivity contribution >= 4 is 11.0 Å². The molecule has 0 unspecified atom stereocenters. The Morgan fingerprint density at radius 1 is 1.20 bits per heavy atom. The topological polar surface area (TPSA) is 46.3 Å². The third-order valence-electron chi connectivity index (χ3n) is 3.20. The highest BCUT2D eigenvalue weighted by molar-refractivity contribution is 5.86. The average molecular weight is 287 g/mol. The number of halogens is 3. The van der Waals surface area contributed by atoms with E-state index in [1.807, 2.05) is 13.8 Å². The van der Waals surface area contributed by atoms with Crippen molar-refractivity contribution in [1.82, 2.24) is 5.16 Å². The van der Waals surface area contributed by atoms with Crippen LogP contribution in [-0.2, 0) is 19.0 Å². The van der Waals surface area contributed by atoms with Crippen LogP contribution in [0.25, 0.3) is 11.0 Å². The van der Waals surface area contributed by atoms with Crippen molar-refractivity contribution in [3.05, 3.63) is 22.9 Å². The van der Waals surface area contributed by atoms with E-state index in [1.54, 1.807) is 0 Å². The molecule has 0 aliphatic rings. The largest absolute Gasteiger partial charge is 0.507 e. The highest BCUT2D eigenvalue weighted by Gasteiger charge is 2.38. The minimum atomic E-state index is -4.56. The number of phenols is 1. The number of phenolic OH excluding ortho intramolecular Hbond substituents is 1. The van der Waals surface area contributed by atoms with Crippen LogP contribution in [0.3, 0.4) is 0 Å². The van der Waals surface area contributed by atoms with E-state index >= 15 is 0 Å². The van der Waals surface area contributed by atoms with Gasteiger partial charge in [0.1, 0.15) is 5.75 Å². The van der Waals surface area contributed by atoms with E-state index in [2.05, 4.69) is 5.16 Å². The van der Waals surface area contributed by atoms with Gasteiger partial charge in [-0.2, -0.15) is 13.2 Å². The molecule has 0 atom stereocenters. The summed E-state index contributed by atoms with van der Waals surface area (Å²) < 4.78 is 43.5. The Bertz CT molecular complexity index is 617. The molecular formula is C14H16F3NO2. The van der Waals surface area contributed by atoms with Gasteiger partial charge in [-0.05, 0) is 24.5 Å². The number of alkyl halides is 3. The van der Waals surface area contributed by atoms with E-state index in [-0.39, 0.29) is 16.7 Å². The molecule has 0 saturated heterocycles. The Morgan fingerprint density at radius 2 is 1.85 bits per heavy atom. The number of aryl methyl sites for hydroxylation is 2. The molecule has 0 spiro atoms. The fourth-order valence-corrected chi connectivity index (χ4v) is 2.34. The maximum Gasteiger partial charge on any atom is 0.437 e. The number of benzene rings is 1. The number of aromatic hydroxyl groups is 1. The van der Waals surface area contributed by atoms with Gasteiger partial charge in [-0.25, -0.2) is 0 Å². The predicted octanol–water partition coefficient (Wildman–Crippen LogP) is 4.46. The van der Waals surface area contributed by atoms with Crippen LogP contribution < -0.4 is 0 Å². The summed E-state index contributed by atoms with van der Waals surface area (Å²) in [5.41, 5.74) is -0.0627. The fraction of sp³-hybridized carbons (Fsp3) is 0.500. The molecular weight excluding hydrogens is 271 g/mol. The molecule has 1 N–H and O–H groups in total. The lowest BCUT2D eigenvalue weighted by Crippen LogP contribution is -2.06. The Hall–Kier alpha value is -1.72. The average Bonchev–Trinajstić information content (AvgIpc) is 2.78. The van der Waals surface area contributed by atoms with Crippen molar-refractivity contribution in [1.29, 1.82) is 0 Å². The second-order valence-electron chi connectivity index (χ2n) is 4.77. The summed E-state index contributed by atoms with van der Waals surface area (Å²) in [6, 6.07) is 1.34. The number of aromatic nitrogens is 1. The van der Waals surface area contributed by atoms with Gasteiger partial charge >= 0.3 is 6.18 Å². The molecule has 110 valence electrons. The highest BCUT2D eigenvalue weighted by atomic mass is 19.4. The van der Waals surface area contributed by atoms with Crippen molar-refractivity contribution in [3.8, 4) is 5.75 Å². The van der Waals surface area contributed by atoms with E-state index in [4.69, 9.17) is 4.52 Å². The van der Waals surface area contributed by atoms with Crippen LogP contribution in [0.4, 0.5) is 13.2 Å². The summed E-state index contributed by atoms with van der Waals surface area (Å²) in [4.78, 5) is 0. The van der Waals surface area contributed by atoms with Gasteiger partial charge in [0, 0.05) is 5.56 Å². The summed E-state index contributed by atoms with van der Waals surface area (Å²) >= 11 is 0. The Morgan fingerprint density at radius 3 is 2.40 bits per heavy atom. The summed E-state index contributed by atoms with van der Waals surface area (Å²) in [5.74, 6) is 0.0334. The first-order valence-electron chi connectivity index (χ1n) is 6.60. The fourth-order valence-electron chi connectivity index (χ4n) is 2.34. The molecule has 6 heteroatoms. The molecule has 0 amide bonds. The standard InChI is InChI=1S/C14H16F3NO2/c1-3-5-8-7-10-12(9(6-4-2)11(8)19)20-18-13(10)14(15,16)17/h7,19H,3-6H2,1-2H3. The van der Waals surface area contributed by atoms with Crippen LogP contribution >= 0.6 is 0 Å². The Kier molecular flexibility index (Phi) is 3.92. The lowest BCUT2D eigenvalue weighted by atomic mass is 9.98. The smallest absolute Gasteiger partial charge is 0.437 e. The highest BCUT2D eigenvalue weighted by Crippen LogP contribution is 2.39. The van der Waals surface area contributed by atoms with Gasteiger partial charge in [-0.1, -0.05) is 31.8 Å². The van der Waals surface area contributed by atoms with Crippen LogP contribution in [0, 0.1) is 0 Å².